The van der Waals surface area contributed by atoms with Crippen molar-refractivity contribution in [3.05, 3.63) is 29.0 Å². The minimum absolute atomic E-state index is 0.0174. The highest BCUT2D eigenvalue weighted by molar-refractivity contribution is 7.09. The Morgan fingerprint density at radius 2 is 2.28 bits per heavy atom. The number of nitrogens with one attached hydrogen (secondary N) is 1. The van der Waals surface area contributed by atoms with Crippen LogP contribution in [0.1, 0.15) is 24.3 Å². The van der Waals surface area contributed by atoms with Crippen molar-refractivity contribution in [1.82, 2.24) is 24.6 Å². The Balaban J connectivity index is 1.28. The Kier molecular flexibility index (Phi) is 4.24. The van der Waals surface area contributed by atoms with Crippen molar-refractivity contribution in [3.63, 3.8) is 0 Å². The fourth-order valence-electron chi connectivity index (χ4n) is 3.98. The summed E-state index contributed by atoms with van der Waals surface area (Å²) in [6.45, 7) is 2.58. The lowest BCUT2D eigenvalue weighted by molar-refractivity contribution is 0.157. The minimum atomic E-state index is -0.0174. The first-order chi connectivity index (χ1) is 12.1. The van der Waals surface area contributed by atoms with Gasteiger partial charge in [0, 0.05) is 44.0 Å². The third-order valence-corrected chi connectivity index (χ3v) is 6.31. The predicted octanol–water partition coefficient (Wildman–Crippen LogP) is 2.40. The summed E-state index contributed by atoms with van der Waals surface area (Å²) in [5.41, 5.74) is 1.15. The molecule has 1 aliphatic carbocycles. The van der Waals surface area contributed by atoms with Crippen LogP contribution in [0.2, 0.25) is 0 Å². The molecule has 1 N–H and O–H groups in total. The van der Waals surface area contributed by atoms with Gasteiger partial charge in [0.2, 0.25) is 0 Å². The lowest BCUT2D eigenvalue weighted by atomic mass is 9.92. The number of nitrogens with zero attached hydrogens (tertiary/aromatic N) is 5. The molecule has 25 heavy (non-hydrogen) atoms. The lowest BCUT2D eigenvalue weighted by Crippen LogP contribution is -2.43. The van der Waals surface area contributed by atoms with Gasteiger partial charge in [-0.3, -0.25) is 9.58 Å². The summed E-state index contributed by atoms with van der Waals surface area (Å²) in [5.74, 6) is 0. The van der Waals surface area contributed by atoms with Crippen molar-refractivity contribution in [2.45, 2.75) is 31.8 Å². The molecule has 8 heteroatoms. The Labute approximate surface area is 151 Å². The van der Waals surface area contributed by atoms with Crippen molar-refractivity contribution in [2.24, 2.45) is 12.5 Å². The number of piperidine rings is 1. The summed E-state index contributed by atoms with van der Waals surface area (Å²) in [5, 5.41) is 10.2. The molecule has 2 fully saturated rings. The summed E-state index contributed by atoms with van der Waals surface area (Å²) in [4.78, 5) is 21.1. The molecule has 0 aromatic carbocycles. The van der Waals surface area contributed by atoms with Gasteiger partial charge in [-0.15, -0.1) is 11.3 Å². The molecule has 2 amide bonds. The smallest absolute Gasteiger partial charge is 0.321 e. The first-order valence-corrected chi connectivity index (χ1v) is 9.57. The molecule has 3 heterocycles. The Hall–Kier alpha value is -1.93. The van der Waals surface area contributed by atoms with E-state index in [2.05, 4.69) is 27.3 Å². The summed E-state index contributed by atoms with van der Waals surface area (Å²) < 4.78 is 1.69. The number of aromatic nitrogens is 3. The van der Waals surface area contributed by atoms with E-state index < -0.39 is 0 Å². The molecule has 134 valence electrons. The van der Waals surface area contributed by atoms with Crippen molar-refractivity contribution in [2.75, 3.05) is 25.5 Å². The van der Waals surface area contributed by atoms with E-state index in [9.17, 15) is 4.79 Å². The van der Waals surface area contributed by atoms with Crippen molar-refractivity contribution >= 4 is 23.1 Å². The average molecular weight is 360 g/mol. The highest BCUT2D eigenvalue weighted by Gasteiger charge is 2.56. The lowest BCUT2D eigenvalue weighted by Gasteiger charge is -2.34. The molecule has 1 atom stereocenters. The average Bonchev–Trinajstić information content (AvgIpc) is 2.92. The number of likely N-dealkylation sites (tertiary alicyclic amines) is 1. The van der Waals surface area contributed by atoms with Gasteiger partial charge in [-0.1, -0.05) is 0 Å². The summed E-state index contributed by atoms with van der Waals surface area (Å²) in [6.07, 6.45) is 8.77. The van der Waals surface area contributed by atoms with Gasteiger partial charge in [0.25, 0.3) is 0 Å². The quantitative estimate of drug-likeness (QED) is 0.909. The van der Waals surface area contributed by atoms with E-state index in [-0.39, 0.29) is 6.03 Å². The maximum atomic E-state index is 12.4. The van der Waals surface area contributed by atoms with Crippen molar-refractivity contribution in [3.8, 4) is 0 Å². The summed E-state index contributed by atoms with van der Waals surface area (Å²) >= 11 is 1.72. The van der Waals surface area contributed by atoms with Crippen LogP contribution in [0.5, 0.6) is 0 Å². The molecule has 4 rings (SSSR count). The zero-order valence-electron chi connectivity index (χ0n) is 14.7. The maximum Gasteiger partial charge on any atom is 0.321 e. The molecule has 2 aromatic heterocycles. The zero-order valence-corrected chi connectivity index (χ0v) is 15.5. The molecular formula is C17H24N6OS. The highest BCUT2D eigenvalue weighted by atomic mass is 32.1. The van der Waals surface area contributed by atoms with Crippen LogP contribution in [-0.4, -0.2) is 56.8 Å². The number of hydrogen-bond acceptors (Lipinski definition) is 5. The van der Waals surface area contributed by atoms with E-state index in [1.165, 1.54) is 11.4 Å². The van der Waals surface area contributed by atoms with E-state index in [1.807, 2.05) is 29.7 Å². The van der Waals surface area contributed by atoms with Crippen molar-refractivity contribution < 1.29 is 4.79 Å². The number of carbonyl (C=O) groups is 1. The zero-order chi connectivity index (χ0) is 17.4. The topological polar surface area (TPSA) is 66.3 Å². The molecule has 2 aliphatic rings. The number of carbonyl (C=O) groups excluding carboxylic acids is 1. The van der Waals surface area contributed by atoms with Gasteiger partial charge in [-0.25, -0.2) is 9.78 Å². The van der Waals surface area contributed by atoms with E-state index in [0.717, 1.165) is 38.2 Å². The van der Waals surface area contributed by atoms with Crippen LogP contribution >= 0.6 is 11.3 Å². The Morgan fingerprint density at radius 1 is 1.48 bits per heavy atom. The van der Waals surface area contributed by atoms with E-state index in [0.29, 0.717) is 11.5 Å². The van der Waals surface area contributed by atoms with E-state index in [4.69, 9.17) is 0 Å². The molecule has 0 bridgehead atoms. The molecule has 7 nitrogen and oxygen atoms in total. The number of urea groups is 1. The van der Waals surface area contributed by atoms with Crippen LogP contribution in [0.3, 0.4) is 0 Å². The normalized spacial score (nSPS) is 21.7. The second-order valence-electron chi connectivity index (χ2n) is 7.24. The number of hydrogen-bond donors (Lipinski definition) is 1. The fraction of sp³-hybridized carbons (Fsp3) is 0.588. The van der Waals surface area contributed by atoms with Gasteiger partial charge in [0.1, 0.15) is 5.01 Å². The summed E-state index contributed by atoms with van der Waals surface area (Å²) in [6, 6.07) is 0.608. The number of anilines is 1. The van der Waals surface area contributed by atoms with Gasteiger partial charge >= 0.3 is 6.03 Å². The Morgan fingerprint density at radius 3 is 2.92 bits per heavy atom. The predicted molar refractivity (Wildman–Crippen MR) is 97.5 cm³/mol. The molecule has 1 aliphatic heterocycles. The maximum absolute atomic E-state index is 12.4. The van der Waals surface area contributed by atoms with Crippen LogP contribution in [0, 0.1) is 5.41 Å². The second kappa shape index (κ2) is 6.42. The van der Waals surface area contributed by atoms with Gasteiger partial charge in [0.15, 0.2) is 0 Å². The number of thiazole rings is 1. The van der Waals surface area contributed by atoms with Crippen LogP contribution < -0.4 is 5.32 Å². The molecule has 1 saturated heterocycles. The summed E-state index contributed by atoms with van der Waals surface area (Å²) in [7, 11) is 4.04. The molecule has 1 saturated carbocycles. The Bertz CT molecular complexity index is 734. The van der Waals surface area contributed by atoms with E-state index >= 15 is 0 Å². The first-order valence-electron chi connectivity index (χ1n) is 8.69. The van der Waals surface area contributed by atoms with Crippen LogP contribution in [0.15, 0.2) is 24.0 Å². The third kappa shape index (κ3) is 3.41. The number of aryl methyl sites for hydroxylation is 1. The first kappa shape index (κ1) is 16.5. The van der Waals surface area contributed by atoms with E-state index in [1.54, 1.807) is 22.2 Å². The monoisotopic (exact) mass is 360 g/mol. The van der Waals surface area contributed by atoms with Crippen LogP contribution in [0.4, 0.5) is 10.5 Å². The molecule has 1 spiro atoms. The molecular weight excluding hydrogens is 336 g/mol. The van der Waals surface area contributed by atoms with Crippen LogP contribution in [0.25, 0.3) is 0 Å². The van der Waals surface area contributed by atoms with Crippen LogP contribution in [-0.2, 0) is 13.6 Å². The minimum Gasteiger partial charge on any atom is -0.324 e. The van der Waals surface area contributed by atoms with Crippen molar-refractivity contribution in [1.29, 1.82) is 0 Å². The largest absolute Gasteiger partial charge is 0.324 e. The number of rotatable bonds is 4. The van der Waals surface area contributed by atoms with Gasteiger partial charge < -0.3 is 10.2 Å². The second-order valence-corrected chi connectivity index (χ2v) is 8.22. The molecule has 0 radical (unpaired) electrons. The van der Waals surface area contributed by atoms with Gasteiger partial charge in [-0.2, -0.15) is 5.10 Å². The highest BCUT2D eigenvalue weighted by Crippen LogP contribution is 2.56. The molecule has 2 aromatic rings. The SMILES string of the molecule is CN(Cc1nccs1)C1CC12CCN(C(=O)Nc1cnn(C)c1)CC2. The number of amides is 2. The molecule has 1 unspecified atom stereocenters. The fourth-order valence-corrected chi connectivity index (χ4v) is 4.66. The third-order valence-electron chi connectivity index (χ3n) is 5.55. The standard InChI is InChI=1S/C17H24N6OS/c1-21(12-15-18-5-8-25-15)14-9-17(14)3-6-23(7-4-17)16(24)20-13-10-19-22(2)11-13/h5,8,10-11,14H,3-4,6-7,9,12H2,1-2H3,(H,20,24). The van der Waals surface area contributed by atoms with Gasteiger partial charge in [-0.05, 0) is 31.7 Å². The van der Waals surface area contributed by atoms with Gasteiger partial charge in [0.05, 0.1) is 18.4 Å².